The number of guanidine groups is 1. The Hall–Kier alpha value is -1.77. The number of aryl methyl sites for hydroxylation is 2. The molecule has 0 aliphatic carbocycles. The molecule has 1 aromatic heterocycles. The van der Waals surface area contributed by atoms with Crippen LogP contribution < -0.4 is 10.6 Å². The molecular formula is C21H37F3N6. The van der Waals surface area contributed by atoms with E-state index in [9.17, 15) is 13.2 Å². The SMILES string of the molecule is CCNC(=NCc1c(CC)nn(C)c1CC)NCCC1CCN(CC(F)(F)F)CC1. The first-order chi connectivity index (χ1) is 14.3. The van der Waals surface area contributed by atoms with E-state index in [1.165, 1.54) is 16.2 Å². The number of halogens is 3. The van der Waals surface area contributed by atoms with Gasteiger partial charge in [-0.2, -0.15) is 18.3 Å². The van der Waals surface area contributed by atoms with Gasteiger partial charge in [0.05, 0.1) is 18.8 Å². The minimum Gasteiger partial charge on any atom is -0.357 e. The zero-order valence-electron chi connectivity index (χ0n) is 18.8. The summed E-state index contributed by atoms with van der Waals surface area (Å²) in [6.07, 6.45) is 0.287. The number of nitrogens with zero attached hydrogens (tertiary/aromatic N) is 4. The standard InChI is InChI=1S/C21H37F3N6/c1-5-18-17(19(6-2)29(4)28-18)14-27-20(25-7-3)26-11-8-16-9-12-30(13-10-16)15-21(22,23)24/h16H,5-15H2,1-4H3,(H2,25,26,27). The molecule has 1 saturated heterocycles. The number of rotatable bonds is 9. The molecule has 1 aliphatic heterocycles. The molecule has 1 aliphatic rings. The Morgan fingerprint density at radius 2 is 1.83 bits per heavy atom. The fourth-order valence-corrected chi connectivity index (χ4v) is 4.15. The molecule has 0 amide bonds. The van der Waals surface area contributed by atoms with Crippen LogP contribution in [0.3, 0.4) is 0 Å². The molecule has 1 fully saturated rings. The highest BCUT2D eigenvalue weighted by atomic mass is 19.4. The van der Waals surface area contributed by atoms with Gasteiger partial charge in [-0.15, -0.1) is 0 Å². The molecule has 2 heterocycles. The third-order valence-corrected chi connectivity index (χ3v) is 5.72. The van der Waals surface area contributed by atoms with Crippen LogP contribution in [-0.2, 0) is 26.4 Å². The number of aliphatic imine (C=N–C) groups is 1. The van der Waals surface area contributed by atoms with Crippen LogP contribution in [0, 0.1) is 5.92 Å². The molecule has 0 bridgehead atoms. The van der Waals surface area contributed by atoms with E-state index in [-0.39, 0.29) is 0 Å². The van der Waals surface area contributed by atoms with E-state index in [2.05, 4.69) is 29.6 Å². The summed E-state index contributed by atoms with van der Waals surface area (Å²) >= 11 is 0. The molecule has 6 nitrogen and oxygen atoms in total. The summed E-state index contributed by atoms with van der Waals surface area (Å²) < 4.78 is 39.5. The second-order valence-electron chi connectivity index (χ2n) is 7.95. The number of likely N-dealkylation sites (tertiary alicyclic amines) is 1. The maximum absolute atomic E-state index is 12.5. The van der Waals surface area contributed by atoms with Gasteiger partial charge in [0, 0.05) is 31.4 Å². The zero-order chi connectivity index (χ0) is 22.1. The average Bonchev–Trinajstić information content (AvgIpc) is 3.00. The van der Waals surface area contributed by atoms with Crippen molar-refractivity contribution in [3.63, 3.8) is 0 Å². The highest BCUT2D eigenvalue weighted by molar-refractivity contribution is 5.79. The van der Waals surface area contributed by atoms with Gasteiger partial charge in [0.15, 0.2) is 5.96 Å². The average molecular weight is 431 g/mol. The number of piperidine rings is 1. The fourth-order valence-electron chi connectivity index (χ4n) is 4.15. The molecule has 2 N–H and O–H groups in total. The van der Waals surface area contributed by atoms with Crippen molar-refractivity contribution in [1.29, 1.82) is 0 Å². The minimum absolute atomic E-state index is 0.460. The first-order valence-electron chi connectivity index (χ1n) is 11.1. The molecule has 9 heteroatoms. The normalized spacial score (nSPS) is 16.8. The van der Waals surface area contributed by atoms with Gasteiger partial charge in [-0.05, 0) is 58.0 Å². The molecular weight excluding hydrogens is 393 g/mol. The predicted octanol–water partition coefficient (Wildman–Crippen LogP) is 3.26. The van der Waals surface area contributed by atoms with Gasteiger partial charge >= 0.3 is 6.18 Å². The number of nitrogens with one attached hydrogen (secondary N) is 2. The van der Waals surface area contributed by atoms with Crippen LogP contribution in [0.4, 0.5) is 13.2 Å². The quantitative estimate of drug-likeness (QED) is 0.466. The van der Waals surface area contributed by atoms with Gasteiger partial charge in [-0.1, -0.05) is 13.8 Å². The van der Waals surface area contributed by atoms with E-state index in [0.717, 1.165) is 56.8 Å². The lowest BCUT2D eigenvalue weighted by molar-refractivity contribution is -0.148. The van der Waals surface area contributed by atoms with Crippen molar-refractivity contribution in [2.24, 2.45) is 18.0 Å². The van der Waals surface area contributed by atoms with E-state index < -0.39 is 12.7 Å². The smallest absolute Gasteiger partial charge is 0.357 e. The Kier molecular flexibility index (Phi) is 9.45. The highest BCUT2D eigenvalue weighted by Crippen LogP contribution is 2.24. The largest absolute Gasteiger partial charge is 0.401 e. The zero-order valence-corrected chi connectivity index (χ0v) is 18.8. The summed E-state index contributed by atoms with van der Waals surface area (Å²) in [4.78, 5) is 6.27. The van der Waals surface area contributed by atoms with Crippen molar-refractivity contribution in [1.82, 2.24) is 25.3 Å². The summed E-state index contributed by atoms with van der Waals surface area (Å²) in [7, 11) is 1.98. The number of aromatic nitrogens is 2. The van der Waals surface area contributed by atoms with Crippen LogP contribution in [0.1, 0.15) is 57.0 Å². The van der Waals surface area contributed by atoms with E-state index in [4.69, 9.17) is 4.99 Å². The molecule has 0 atom stereocenters. The van der Waals surface area contributed by atoms with Crippen LogP contribution in [-0.4, -0.2) is 59.5 Å². The Bertz CT molecular complexity index is 675. The minimum atomic E-state index is -4.10. The van der Waals surface area contributed by atoms with Crippen LogP contribution in [0.5, 0.6) is 0 Å². The number of hydrogen-bond acceptors (Lipinski definition) is 3. The van der Waals surface area contributed by atoms with Crippen molar-refractivity contribution in [2.45, 2.75) is 65.6 Å². The van der Waals surface area contributed by atoms with Gasteiger partial charge in [-0.3, -0.25) is 9.58 Å². The fraction of sp³-hybridized carbons (Fsp3) is 0.810. The van der Waals surface area contributed by atoms with Crippen molar-refractivity contribution in [3.05, 3.63) is 17.0 Å². The number of hydrogen-bond donors (Lipinski definition) is 2. The van der Waals surface area contributed by atoms with E-state index in [1.54, 1.807) is 0 Å². The van der Waals surface area contributed by atoms with Crippen LogP contribution >= 0.6 is 0 Å². The maximum Gasteiger partial charge on any atom is 0.401 e. The van der Waals surface area contributed by atoms with E-state index in [1.807, 2.05) is 18.7 Å². The topological polar surface area (TPSA) is 57.5 Å². The van der Waals surface area contributed by atoms with Gasteiger partial charge in [0.2, 0.25) is 0 Å². The van der Waals surface area contributed by atoms with Gasteiger partial charge in [0.25, 0.3) is 0 Å². The third-order valence-electron chi connectivity index (χ3n) is 5.72. The molecule has 0 radical (unpaired) electrons. The first kappa shape index (κ1) is 24.5. The second kappa shape index (κ2) is 11.6. The van der Waals surface area contributed by atoms with Gasteiger partial charge < -0.3 is 10.6 Å². The van der Waals surface area contributed by atoms with E-state index in [0.29, 0.717) is 25.6 Å². The highest BCUT2D eigenvalue weighted by Gasteiger charge is 2.32. The van der Waals surface area contributed by atoms with Crippen molar-refractivity contribution < 1.29 is 13.2 Å². The lowest BCUT2D eigenvalue weighted by atomic mass is 9.93. The molecule has 1 aromatic rings. The van der Waals surface area contributed by atoms with Crippen LogP contribution in [0.15, 0.2) is 4.99 Å². The molecule has 0 unspecified atom stereocenters. The Morgan fingerprint density at radius 3 is 2.40 bits per heavy atom. The van der Waals surface area contributed by atoms with Crippen molar-refractivity contribution in [3.8, 4) is 0 Å². The second-order valence-corrected chi connectivity index (χ2v) is 7.95. The van der Waals surface area contributed by atoms with Gasteiger partial charge in [0.1, 0.15) is 0 Å². The van der Waals surface area contributed by atoms with Crippen molar-refractivity contribution in [2.75, 3.05) is 32.7 Å². The lowest BCUT2D eigenvalue weighted by Gasteiger charge is -2.32. The Labute approximate surface area is 178 Å². The molecule has 0 spiro atoms. The maximum atomic E-state index is 12.5. The summed E-state index contributed by atoms with van der Waals surface area (Å²) in [6.45, 7) is 8.67. The Balaban J connectivity index is 1.84. The first-order valence-corrected chi connectivity index (χ1v) is 11.1. The molecule has 0 aromatic carbocycles. The van der Waals surface area contributed by atoms with Gasteiger partial charge in [-0.25, -0.2) is 4.99 Å². The summed E-state index contributed by atoms with van der Waals surface area (Å²) in [5.74, 6) is 1.24. The molecule has 2 rings (SSSR count). The monoisotopic (exact) mass is 430 g/mol. The molecule has 30 heavy (non-hydrogen) atoms. The summed E-state index contributed by atoms with van der Waals surface area (Å²) in [6, 6.07) is 0. The van der Waals surface area contributed by atoms with Crippen LogP contribution in [0.25, 0.3) is 0 Å². The lowest BCUT2D eigenvalue weighted by Crippen LogP contribution is -2.41. The molecule has 172 valence electrons. The molecule has 0 saturated carbocycles. The summed E-state index contributed by atoms with van der Waals surface area (Å²) in [5.41, 5.74) is 3.52. The van der Waals surface area contributed by atoms with Crippen LogP contribution in [0.2, 0.25) is 0 Å². The predicted molar refractivity (Wildman–Crippen MR) is 115 cm³/mol. The summed E-state index contributed by atoms with van der Waals surface area (Å²) in [5, 5.41) is 11.3. The van der Waals surface area contributed by atoms with Crippen molar-refractivity contribution >= 4 is 5.96 Å². The Morgan fingerprint density at radius 1 is 1.13 bits per heavy atom. The van der Waals surface area contributed by atoms with E-state index >= 15 is 0 Å². The third kappa shape index (κ3) is 7.49. The number of alkyl halides is 3.